The van der Waals surface area contributed by atoms with E-state index >= 15 is 0 Å². The number of rotatable bonds is 11. The Morgan fingerprint density at radius 2 is 1.82 bits per heavy atom. The van der Waals surface area contributed by atoms with Crippen LogP contribution in [-0.2, 0) is 17.9 Å². The molecule has 2 aromatic carbocycles. The highest BCUT2D eigenvalue weighted by atomic mass is 79.9. The molecule has 0 saturated heterocycles. The van der Waals surface area contributed by atoms with E-state index in [9.17, 15) is 9.59 Å². The van der Waals surface area contributed by atoms with Crippen molar-refractivity contribution in [3.63, 3.8) is 0 Å². The minimum Gasteiger partial charge on any atom is -0.493 e. The van der Waals surface area contributed by atoms with Crippen LogP contribution in [0.15, 0.2) is 58.2 Å². The lowest BCUT2D eigenvalue weighted by Crippen LogP contribution is -2.22. The number of benzene rings is 2. The van der Waals surface area contributed by atoms with Gasteiger partial charge in [0.25, 0.3) is 0 Å². The number of methoxy groups -OCH3 is 2. The third-order valence-electron chi connectivity index (χ3n) is 4.86. The van der Waals surface area contributed by atoms with E-state index in [0.29, 0.717) is 34.6 Å². The summed E-state index contributed by atoms with van der Waals surface area (Å²) in [6, 6.07) is 12.6. The maximum absolute atomic E-state index is 12.4. The van der Waals surface area contributed by atoms with Gasteiger partial charge < -0.3 is 19.4 Å². The van der Waals surface area contributed by atoms with Crippen LogP contribution in [0.4, 0.5) is 0 Å². The van der Waals surface area contributed by atoms with Gasteiger partial charge in [0.2, 0.25) is 5.91 Å². The molecule has 1 amide bonds. The highest BCUT2D eigenvalue weighted by Gasteiger charge is 2.14. The summed E-state index contributed by atoms with van der Waals surface area (Å²) in [7, 11) is 3.13. The molecule has 0 radical (unpaired) electrons. The summed E-state index contributed by atoms with van der Waals surface area (Å²) < 4.78 is 13.3. The minimum atomic E-state index is -0.264. The molecule has 3 aromatic rings. The number of halogens is 1. The lowest BCUT2D eigenvalue weighted by atomic mass is 10.2. The van der Waals surface area contributed by atoms with Gasteiger partial charge in [-0.2, -0.15) is 0 Å². The standard InChI is InChI=1S/C24H25BrN4O4S/c1-4-29-22(27-28-24(29)34-15-19(30)17-7-9-18(25)10-8-17)14-26-23(31)12-6-16-5-11-20(32-2)21(13-16)33-3/h5-13H,4,14-15H2,1-3H3,(H,26,31). The number of aromatic nitrogens is 3. The number of amides is 1. The van der Waals surface area contributed by atoms with E-state index in [0.717, 1.165) is 10.0 Å². The fourth-order valence-corrected chi connectivity index (χ4v) is 4.26. The average molecular weight is 545 g/mol. The van der Waals surface area contributed by atoms with E-state index in [2.05, 4.69) is 31.4 Å². The minimum absolute atomic E-state index is 0.0123. The molecule has 0 unspecified atom stereocenters. The molecule has 0 saturated carbocycles. The number of carbonyl (C=O) groups excluding carboxylic acids is 2. The third kappa shape index (κ3) is 6.71. The van der Waals surface area contributed by atoms with Gasteiger partial charge in [-0.1, -0.05) is 45.9 Å². The van der Waals surface area contributed by atoms with Crippen molar-refractivity contribution in [1.29, 1.82) is 0 Å². The quantitative estimate of drug-likeness (QED) is 0.217. The first-order valence-electron chi connectivity index (χ1n) is 10.5. The number of nitrogens with one attached hydrogen (secondary N) is 1. The van der Waals surface area contributed by atoms with Gasteiger partial charge in [0, 0.05) is 22.7 Å². The maximum atomic E-state index is 12.4. The highest BCUT2D eigenvalue weighted by Crippen LogP contribution is 2.28. The monoisotopic (exact) mass is 544 g/mol. The Morgan fingerprint density at radius 3 is 2.50 bits per heavy atom. The van der Waals surface area contributed by atoms with Crippen LogP contribution in [0.1, 0.15) is 28.7 Å². The SMILES string of the molecule is CCn1c(CNC(=O)C=Cc2ccc(OC)c(OC)c2)nnc1SCC(=O)c1ccc(Br)cc1. The molecule has 1 heterocycles. The van der Waals surface area contributed by atoms with Gasteiger partial charge in [0.05, 0.1) is 26.5 Å². The third-order valence-corrected chi connectivity index (χ3v) is 6.36. The Kier molecular flexibility index (Phi) is 9.29. The lowest BCUT2D eigenvalue weighted by Gasteiger charge is -2.08. The van der Waals surface area contributed by atoms with Crippen molar-refractivity contribution in [1.82, 2.24) is 20.1 Å². The van der Waals surface area contributed by atoms with Crippen molar-refractivity contribution in [3.05, 3.63) is 70.0 Å². The summed E-state index contributed by atoms with van der Waals surface area (Å²) in [5.74, 6) is 1.83. The molecule has 8 nitrogen and oxygen atoms in total. The molecular weight excluding hydrogens is 520 g/mol. The Hall–Kier alpha value is -3.11. The van der Waals surface area contributed by atoms with Gasteiger partial charge in [-0.05, 0) is 42.8 Å². The Balaban J connectivity index is 1.56. The average Bonchev–Trinajstić information content (AvgIpc) is 3.26. The number of ketones is 1. The predicted molar refractivity (Wildman–Crippen MR) is 135 cm³/mol. The number of nitrogens with zero attached hydrogens (tertiary/aromatic N) is 3. The summed E-state index contributed by atoms with van der Waals surface area (Å²) in [5, 5.41) is 11.8. The fourth-order valence-electron chi connectivity index (χ4n) is 3.08. The summed E-state index contributed by atoms with van der Waals surface area (Å²) in [6.45, 7) is 2.80. The van der Waals surface area contributed by atoms with Crippen molar-refractivity contribution in [3.8, 4) is 11.5 Å². The molecule has 3 rings (SSSR count). The second kappa shape index (κ2) is 12.4. The van der Waals surface area contributed by atoms with E-state index < -0.39 is 0 Å². The molecule has 1 N–H and O–H groups in total. The van der Waals surface area contributed by atoms with Crippen LogP contribution in [0.5, 0.6) is 11.5 Å². The normalized spacial score (nSPS) is 10.9. The van der Waals surface area contributed by atoms with E-state index in [1.807, 2.05) is 29.7 Å². The zero-order valence-corrected chi connectivity index (χ0v) is 21.5. The topological polar surface area (TPSA) is 95.3 Å². The maximum Gasteiger partial charge on any atom is 0.244 e. The van der Waals surface area contributed by atoms with Crippen LogP contribution in [-0.4, -0.2) is 46.4 Å². The zero-order chi connectivity index (χ0) is 24.5. The summed E-state index contributed by atoms with van der Waals surface area (Å²) in [5.41, 5.74) is 1.45. The molecule has 0 aliphatic carbocycles. The van der Waals surface area contributed by atoms with Crippen LogP contribution in [0.3, 0.4) is 0 Å². The molecule has 34 heavy (non-hydrogen) atoms. The number of ether oxygens (including phenoxy) is 2. The first-order chi connectivity index (χ1) is 16.4. The van der Waals surface area contributed by atoms with Crippen LogP contribution in [0, 0.1) is 0 Å². The van der Waals surface area contributed by atoms with Crippen molar-refractivity contribution in [2.45, 2.75) is 25.2 Å². The van der Waals surface area contributed by atoms with E-state index in [1.54, 1.807) is 44.6 Å². The highest BCUT2D eigenvalue weighted by molar-refractivity contribution is 9.10. The van der Waals surface area contributed by atoms with Crippen LogP contribution >= 0.6 is 27.7 Å². The first-order valence-corrected chi connectivity index (χ1v) is 12.2. The van der Waals surface area contributed by atoms with Crippen LogP contribution < -0.4 is 14.8 Å². The number of hydrogen-bond acceptors (Lipinski definition) is 7. The molecule has 178 valence electrons. The smallest absolute Gasteiger partial charge is 0.244 e. The second-order valence-electron chi connectivity index (χ2n) is 7.03. The molecule has 0 bridgehead atoms. The Morgan fingerprint density at radius 1 is 1.09 bits per heavy atom. The van der Waals surface area contributed by atoms with Crippen molar-refractivity contribution < 1.29 is 19.1 Å². The van der Waals surface area contributed by atoms with Gasteiger partial charge in [-0.15, -0.1) is 10.2 Å². The van der Waals surface area contributed by atoms with Crippen molar-refractivity contribution in [2.75, 3.05) is 20.0 Å². The fraction of sp³-hybridized carbons (Fsp3) is 0.250. The lowest BCUT2D eigenvalue weighted by molar-refractivity contribution is -0.116. The summed E-state index contributed by atoms with van der Waals surface area (Å²) >= 11 is 4.69. The number of thioether (sulfide) groups is 1. The first kappa shape index (κ1) is 25.5. The van der Waals surface area contributed by atoms with Crippen molar-refractivity contribution >= 4 is 45.5 Å². The predicted octanol–water partition coefficient (Wildman–Crippen LogP) is 4.38. The van der Waals surface area contributed by atoms with Crippen LogP contribution in [0.25, 0.3) is 6.08 Å². The van der Waals surface area contributed by atoms with Gasteiger partial charge in [0.1, 0.15) is 0 Å². The molecule has 0 atom stereocenters. The van der Waals surface area contributed by atoms with Gasteiger partial charge in [-0.3, -0.25) is 9.59 Å². The largest absolute Gasteiger partial charge is 0.493 e. The summed E-state index contributed by atoms with van der Waals surface area (Å²) in [4.78, 5) is 24.7. The van der Waals surface area contributed by atoms with E-state index in [4.69, 9.17) is 9.47 Å². The second-order valence-corrected chi connectivity index (χ2v) is 8.89. The van der Waals surface area contributed by atoms with Crippen molar-refractivity contribution in [2.24, 2.45) is 0 Å². The van der Waals surface area contributed by atoms with Gasteiger partial charge >= 0.3 is 0 Å². The molecule has 10 heteroatoms. The number of Topliss-reactive ketones (excluding diaryl/α,β-unsaturated/α-hetero) is 1. The Bertz CT molecular complexity index is 1180. The Labute approximate surface area is 210 Å². The molecule has 0 aliphatic rings. The summed E-state index contributed by atoms with van der Waals surface area (Å²) in [6.07, 6.45) is 3.14. The van der Waals surface area contributed by atoms with Gasteiger partial charge in [0.15, 0.2) is 28.3 Å². The van der Waals surface area contributed by atoms with E-state index in [1.165, 1.54) is 17.8 Å². The van der Waals surface area contributed by atoms with Crippen LogP contribution in [0.2, 0.25) is 0 Å². The van der Waals surface area contributed by atoms with E-state index in [-0.39, 0.29) is 24.0 Å². The molecule has 0 fully saturated rings. The zero-order valence-electron chi connectivity index (χ0n) is 19.1. The number of hydrogen-bond donors (Lipinski definition) is 1. The molecule has 1 aromatic heterocycles. The number of carbonyl (C=O) groups is 2. The molecule has 0 spiro atoms. The molecular formula is C24H25BrN4O4S. The molecule has 0 aliphatic heterocycles. The van der Waals surface area contributed by atoms with Gasteiger partial charge in [-0.25, -0.2) is 0 Å².